The smallest absolute Gasteiger partial charge is 0.0670 e. The van der Waals surface area contributed by atoms with E-state index in [1.807, 2.05) is 16.9 Å². The summed E-state index contributed by atoms with van der Waals surface area (Å²) in [6.45, 7) is 3.60. The fourth-order valence-corrected chi connectivity index (χ4v) is 2.35. The molecule has 14 heavy (non-hydrogen) atoms. The molecule has 0 saturated carbocycles. The second-order valence-corrected chi connectivity index (χ2v) is 4.54. The highest BCUT2D eigenvalue weighted by molar-refractivity contribution is 7.12. The summed E-state index contributed by atoms with van der Waals surface area (Å²) in [5.41, 5.74) is 6.91. The summed E-state index contributed by atoms with van der Waals surface area (Å²) in [4.78, 5) is 2.57. The van der Waals surface area contributed by atoms with E-state index in [0.29, 0.717) is 6.54 Å². The number of hydrogen-bond acceptors (Lipinski definition) is 3. The maximum absolute atomic E-state index is 5.59. The Morgan fingerprint density at radius 2 is 2.43 bits per heavy atom. The second kappa shape index (κ2) is 3.94. The van der Waals surface area contributed by atoms with E-state index in [1.54, 1.807) is 17.5 Å². The quantitative estimate of drug-likeness (QED) is 0.833. The van der Waals surface area contributed by atoms with Gasteiger partial charge in [-0.3, -0.25) is 4.68 Å². The molecule has 4 heteroatoms. The standard InChI is InChI=1S/C10H13N3S/c1-8-9(5-10(6-11)14-8)7-13-4-2-3-12-13/h2-5H,6-7,11H2,1H3. The first kappa shape index (κ1) is 9.43. The minimum Gasteiger partial charge on any atom is -0.326 e. The Hall–Kier alpha value is -1.13. The van der Waals surface area contributed by atoms with Gasteiger partial charge in [-0.15, -0.1) is 11.3 Å². The van der Waals surface area contributed by atoms with E-state index in [-0.39, 0.29) is 0 Å². The van der Waals surface area contributed by atoms with Crippen LogP contribution in [0.3, 0.4) is 0 Å². The van der Waals surface area contributed by atoms with Crippen molar-refractivity contribution in [2.75, 3.05) is 0 Å². The highest BCUT2D eigenvalue weighted by atomic mass is 32.1. The molecule has 0 radical (unpaired) electrons. The lowest BCUT2D eigenvalue weighted by atomic mass is 10.2. The maximum Gasteiger partial charge on any atom is 0.0670 e. The van der Waals surface area contributed by atoms with Gasteiger partial charge in [0.15, 0.2) is 0 Å². The van der Waals surface area contributed by atoms with Crippen molar-refractivity contribution in [3.8, 4) is 0 Å². The number of nitrogens with zero attached hydrogens (tertiary/aromatic N) is 2. The van der Waals surface area contributed by atoms with Gasteiger partial charge in [0, 0.05) is 28.7 Å². The van der Waals surface area contributed by atoms with Gasteiger partial charge in [0.2, 0.25) is 0 Å². The van der Waals surface area contributed by atoms with Gasteiger partial charge in [-0.05, 0) is 24.6 Å². The molecule has 0 unspecified atom stereocenters. The SMILES string of the molecule is Cc1sc(CN)cc1Cn1cccn1. The summed E-state index contributed by atoms with van der Waals surface area (Å²) in [6.07, 6.45) is 3.77. The topological polar surface area (TPSA) is 43.8 Å². The number of aryl methyl sites for hydroxylation is 1. The molecule has 2 N–H and O–H groups in total. The minimum absolute atomic E-state index is 0.630. The predicted octanol–water partition coefficient (Wildman–Crippen LogP) is 1.76. The molecule has 0 aliphatic rings. The Morgan fingerprint density at radius 1 is 1.57 bits per heavy atom. The average Bonchev–Trinajstić information content (AvgIpc) is 2.78. The molecular formula is C10H13N3S. The molecule has 0 fully saturated rings. The lowest BCUT2D eigenvalue weighted by Gasteiger charge is -1.99. The van der Waals surface area contributed by atoms with Crippen molar-refractivity contribution in [2.24, 2.45) is 5.73 Å². The zero-order valence-electron chi connectivity index (χ0n) is 8.10. The number of aromatic nitrogens is 2. The van der Waals surface area contributed by atoms with Crippen LogP contribution in [0.25, 0.3) is 0 Å². The zero-order chi connectivity index (χ0) is 9.97. The van der Waals surface area contributed by atoms with E-state index >= 15 is 0 Å². The minimum atomic E-state index is 0.630. The molecule has 3 nitrogen and oxygen atoms in total. The van der Waals surface area contributed by atoms with Crippen LogP contribution < -0.4 is 5.73 Å². The van der Waals surface area contributed by atoms with E-state index in [0.717, 1.165) is 6.54 Å². The van der Waals surface area contributed by atoms with Gasteiger partial charge in [-0.2, -0.15) is 5.10 Å². The third-order valence-electron chi connectivity index (χ3n) is 2.16. The second-order valence-electron chi connectivity index (χ2n) is 3.20. The lowest BCUT2D eigenvalue weighted by molar-refractivity contribution is 0.686. The molecule has 0 aliphatic carbocycles. The van der Waals surface area contributed by atoms with Crippen LogP contribution >= 0.6 is 11.3 Å². The third kappa shape index (κ3) is 1.86. The molecule has 2 heterocycles. The van der Waals surface area contributed by atoms with Crippen molar-refractivity contribution in [1.82, 2.24) is 9.78 Å². The Labute approximate surface area is 87.2 Å². The van der Waals surface area contributed by atoms with E-state index in [2.05, 4.69) is 18.1 Å². The predicted molar refractivity (Wildman–Crippen MR) is 58.3 cm³/mol. The maximum atomic E-state index is 5.59. The van der Waals surface area contributed by atoms with Crippen molar-refractivity contribution in [3.05, 3.63) is 39.8 Å². The first-order valence-electron chi connectivity index (χ1n) is 4.55. The average molecular weight is 207 g/mol. The lowest BCUT2D eigenvalue weighted by Crippen LogP contribution is -1.99. The van der Waals surface area contributed by atoms with Gasteiger partial charge in [0.05, 0.1) is 6.54 Å². The van der Waals surface area contributed by atoms with Gasteiger partial charge < -0.3 is 5.73 Å². The first-order valence-corrected chi connectivity index (χ1v) is 5.37. The third-order valence-corrected chi connectivity index (χ3v) is 3.28. The van der Waals surface area contributed by atoms with Crippen LogP contribution in [0.2, 0.25) is 0 Å². The molecule has 2 rings (SSSR count). The largest absolute Gasteiger partial charge is 0.326 e. The molecule has 2 aromatic rings. The number of thiophene rings is 1. The van der Waals surface area contributed by atoms with Gasteiger partial charge in [-0.25, -0.2) is 0 Å². The molecule has 0 aromatic carbocycles. The molecule has 0 spiro atoms. The van der Waals surface area contributed by atoms with Crippen molar-refractivity contribution >= 4 is 11.3 Å². The van der Waals surface area contributed by atoms with Crippen molar-refractivity contribution in [2.45, 2.75) is 20.0 Å². The summed E-state index contributed by atoms with van der Waals surface area (Å²) in [5, 5.41) is 4.18. The summed E-state index contributed by atoms with van der Waals surface area (Å²) in [6, 6.07) is 4.10. The van der Waals surface area contributed by atoms with Crippen LogP contribution in [0, 0.1) is 6.92 Å². The van der Waals surface area contributed by atoms with Crippen LogP contribution in [0.1, 0.15) is 15.3 Å². The van der Waals surface area contributed by atoms with Gasteiger partial charge in [0.1, 0.15) is 0 Å². The van der Waals surface area contributed by atoms with Crippen LogP contribution in [0.5, 0.6) is 0 Å². The molecule has 0 amide bonds. The van der Waals surface area contributed by atoms with Crippen molar-refractivity contribution in [3.63, 3.8) is 0 Å². The number of hydrogen-bond donors (Lipinski definition) is 1. The zero-order valence-corrected chi connectivity index (χ0v) is 8.92. The first-order chi connectivity index (χ1) is 6.79. The fourth-order valence-electron chi connectivity index (χ4n) is 1.41. The van der Waals surface area contributed by atoms with Crippen molar-refractivity contribution in [1.29, 1.82) is 0 Å². The fraction of sp³-hybridized carbons (Fsp3) is 0.300. The molecule has 0 bridgehead atoms. The van der Waals surface area contributed by atoms with Crippen LogP contribution in [-0.2, 0) is 13.1 Å². The van der Waals surface area contributed by atoms with Crippen molar-refractivity contribution < 1.29 is 0 Å². The van der Waals surface area contributed by atoms with E-state index in [9.17, 15) is 0 Å². The normalized spacial score (nSPS) is 10.7. The van der Waals surface area contributed by atoms with Gasteiger partial charge in [0.25, 0.3) is 0 Å². The Kier molecular flexibility index (Phi) is 2.65. The summed E-state index contributed by atoms with van der Waals surface area (Å²) >= 11 is 1.77. The summed E-state index contributed by atoms with van der Waals surface area (Å²) < 4.78 is 1.93. The van der Waals surface area contributed by atoms with E-state index in [1.165, 1.54) is 15.3 Å². The Morgan fingerprint density at radius 3 is 3.00 bits per heavy atom. The molecular weight excluding hydrogens is 194 g/mol. The van der Waals surface area contributed by atoms with Gasteiger partial charge in [-0.1, -0.05) is 0 Å². The highest BCUT2D eigenvalue weighted by Gasteiger charge is 2.04. The number of rotatable bonds is 3. The summed E-state index contributed by atoms with van der Waals surface area (Å²) in [7, 11) is 0. The van der Waals surface area contributed by atoms with Crippen LogP contribution in [0.15, 0.2) is 24.5 Å². The van der Waals surface area contributed by atoms with Crippen LogP contribution in [-0.4, -0.2) is 9.78 Å². The Balaban J connectivity index is 2.20. The number of nitrogens with two attached hydrogens (primary N) is 1. The summed E-state index contributed by atoms with van der Waals surface area (Å²) in [5.74, 6) is 0. The van der Waals surface area contributed by atoms with Gasteiger partial charge >= 0.3 is 0 Å². The monoisotopic (exact) mass is 207 g/mol. The van der Waals surface area contributed by atoms with E-state index in [4.69, 9.17) is 5.73 Å². The highest BCUT2D eigenvalue weighted by Crippen LogP contribution is 2.21. The van der Waals surface area contributed by atoms with Crippen LogP contribution in [0.4, 0.5) is 0 Å². The molecule has 0 atom stereocenters. The van der Waals surface area contributed by atoms with E-state index < -0.39 is 0 Å². The molecule has 2 aromatic heterocycles. The Bertz CT molecular complexity index is 403. The molecule has 0 aliphatic heterocycles. The molecule has 74 valence electrons. The molecule has 0 saturated heterocycles.